The molecule has 96 valence electrons. The SMILES string of the molecule is CC1CCCCC1=NNC(=O)c1ccccc1Br. The second kappa shape index (κ2) is 6.14. The molecule has 1 N–H and O–H groups in total. The van der Waals surface area contributed by atoms with E-state index in [2.05, 4.69) is 33.4 Å². The van der Waals surface area contributed by atoms with Crippen LogP contribution in [0.4, 0.5) is 0 Å². The number of nitrogens with one attached hydrogen (secondary N) is 1. The van der Waals surface area contributed by atoms with E-state index in [1.165, 1.54) is 19.3 Å². The minimum Gasteiger partial charge on any atom is -0.267 e. The van der Waals surface area contributed by atoms with Crippen LogP contribution in [0.2, 0.25) is 0 Å². The van der Waals surface area contributed by atoms with Crippen LogP contribution in [0.5, 0.6) is 0 Å². The Balaban J connectivity index is 2.04. The van der Waals surface area contributed by atoms with Gasteiger partial charge < -0.3 is 0 Å². The molecule has 0 radical (unpaired) electrons. The van der Waals surface area contributed by atoms with Gasteiger partial charge in [0.2, 0.25) is 0 Å². The molecule has 1 aromatic rings. The van der Waals surface area contributed by atoms with Gasteiger partial charge in [0.05, 0.1) is 5.56 Å². The van der Waals surface area contributed by atoms with E-state index in [9.17, 15) is 4.79 Å². The molecule has 18 heavy (non-hydrogen) atoms. The van der Waals surface area contributed by atoms with Crippen LogP contribution in [0, 0.1) is 5.92 Å². The predicted molar refractivity (Wildman–Crippen MR) is 76.7 cm³/mol. The van der Waals surface area contributed by atoms with Crippen molar-refractivity contribution in [1.82, 2.24) is 5.43 Å². The highest BCUT2D eigenvalue weighted by molar-refractivity contribution is 9.10. The molecular formula is C14H17BrN2O. The quantitative estimate of drug-likeness (QED) is 0.831. The van der Waals surface area contributed by atoms with Crippen molar-refractivity contribution in [2.75, 3.05) is 0 Å². The van der Waals surface area contributed by atoms with Gasteiger partial charge in [-0.05, 0) is 53.2 Å². The van der Waals surface area contributed by atoms with Crippen molar-refractivity contribution in [3.05, 3.63) is 34.3 Å². The number of hydrogen-bond donors (Lipinski definition) is 1. The molecule has 3 nitrogen and oxygen atoms in total. The second-order valence-corrected chi connectivity index (χ2v) is 5.53. The molecular weight excluding hydrogens is 292 g/mol. The Morgan fingerprint density at radius 1 is 1.39 bits per heavy atom. The van der Waals surface area contributed by atoms with Crippen molar-refractivity contribution in [3.8, 4) is 0 Å². The fourth-order valence-electron chi connectivity index (χ4n) is 2.16. The van der Waals surface area contributed by atoms with Crippen molar-refractivity contribution in [1.29, 1.82) is 0 Å². The number of amides is 1. The summed E-state index contributed by atoms with van der Waals surface area (Å²) in [5, 5.41) is 4.28. The van der Waals surface area contributed by atoms with Gasteiger partial charge in [0.1, 0.15) is 0 Å². The average Bonchev–Trinajstić information content (AvgIpc) is 2.38. The first-order valence-electron chi connectivity index (χ1n) is 6.30. The summed E-state index contributed by atoms with van der Waals surface area (Å²) >= 11 is 3.37. The van der Waals surface area contributed by atoms with Crippen molar-refractivity contribution in [3.63, 3.8) is 0 Å². The van der Waals surface area contributed by atoms with Crippen LogP contribution in [0.15, 0.2) is 33.8 Å². The zero-order chi connectivity index (χ0) is 13.0. The minimum atomic E-state index is -0.159. The summed E-state index contributed by atoms with van der Waals surface area (Å²) in [7, 11) is 0. The Kier molecular flexibility index (Phi) is 4.53. The largest absolute Gasteiger partial charge is 0.272 e. The average molecular weight is 309 g/mol. The summed E-state index contributed by atoms with van der Waals surface area (Å²) in [6.45, 7) is 2.17. The van der Waals surface area contributed by atoms with Crippen molar-refractivity contribution in [2.45, 2.75) is 32.6 Å². The maximum absolute atomic E-state index is 12.0. The molecule has 0 saturated heterocycles. The third-order valence-electron chi connectivity index (χ3n) is 3.31. The van der Waals surface area contributed by atoms with E-state index in [0.717, 1.165) is 16.6 Å². The summed E-state index contributed by atoms with van der Waals surface area (Å²) in [6.07, 6.45) is 4.60. The smallest absolute Gasteiger partial charge is 0.267 e. The molecule has 1 atom stereocenters. The van der Waals surface area contributed by atoms with Crippen molar-refractivity contribution >= 4 is 27.5 Å². The first-order valence-corrected chi connectivity index (χ1v) is 7.09. The molecule has 2 rings (SSSR count). The minimum absolute atomic E-state index is 0.159. The van der Waals surface area contributed by atoms with Crippen LogP contribution in [0.25, 0.3) is 0 Å². The third kappa shape index (κ3) is 3.19. The van der Waals surface area contributed by atoms with Gasteiger partial charge in [0, 0.05) is 10.2 Å². The fraction of sp³-hybridized carbons (Fsp3) is 0.429. The van der Waals surface area contributed by atoms with Crippen LogP contribution >= 0.6 is 15.9 Å². The van der Waals surface area contributed by atoms with E-state index >= 15 is 0 Å². The van der Waals surface area contributed by atoms with E-state index in [1.807, 2.05) is 18.2 Å². The third-order valence-corrected chi connectivity index (χ3v) is 4.00. The summed E-state index contributed by atoms with van der Waals surface area (Å²) in [5.74, 6) is 0.325. The number of carbonyl (C=O) groups excluding carboxylic acids is 1. The highest BCUT2D eigenvalue weighted by atomic mass is 79.9. The summed E-state index contributed by atoms with van der Waals surface area (Å²) in [6, 6.07) is 7.36. The molecule has 0 aromatic heterocycles. The van der Waals surface area contributed by atoms with E-state index < -0.39 is 0 Å². The molecule has 1 saturated carbocycles. The summed E-state index contributed by atoms with van der Waals surface area (Å²) < 4.78 is 0.791. The lowest BCUT2D eigenvalue weighted by Crippen LogP contribution is -2.24. The van der Waals surface area contributed by atoms with Crippen molar-refractivity contribution in [2.24, 2.45) is 11.0 Å². The van der Waals surface area contributed by atoms with Crippen LogP contribution in [0.3, 0.4) is 0 Å². The topological polar surface area (TPSA) is 41.5 Å². The van der Waals surface area contributed by atoms with Gasteiger partial charge in [-0.3, -0.25) is 4.79 Å². The molecule has 1 amide bonds. The molecule has 4 heteroatoms. The number of rotatable bonds is 2. The number of hydrazone groups is 1. The Morgan fingerprint density at radius 3 is 2.89 bits per heavy atom. The molecule has 1 aromatic carbocycles. The van der Waals surface area contributed by atoms with E-state index in [4.69, 9.17) is 0 Å². The highest BCUT2D eigenvalue weighted by Crippen LogP contribution is 2.21. The van der Waals surface area contributed by atoms with E-state index in [1.54, 1.807) is 6.07 Å². The monoisotopic (exact) mass is 308 g/mol. The van der Waals surface area contributed by atoms with Crippen molar-refractivity contribution < 1.29 is 4.79 Å². The lowest BCUT2D eigenvalue weighted by atomic mass is 9.89. The number of nitrogens with zero attached hydrogens (tertiary/aromatic N) is 1. The number of halogens is 1. The number of carbonyl (C=O) groups is 1. The lowest BCUT2D eigenvalue weighted by molar-refractivity contribution is 0.0953. The van der Waals surface area contributed by atoms with Gasteiger partial charge in [0.15, 0.2) is 0 Å². The Hall–Kier alpha value is -1.16. The molecule has 0 aliphatic heterocycles. The zero-order valence-electron chi connectivity index (χ0n) is 10.4. The molecule has 1 unspecified atom stereocenters. The van der Waals surface area contributed by atoms with E-state index in [-0.39, 0.29) is 5.91 Å². The Bertz CT molecular complexity index is 471. The zero-order valence-corrected chi connectivity index (χ0v) is 12.0. The first-order chi connectivity index (χ1) is 8.68. The highest BCUT2D eigenvalue weighted by Gasteiger charge is 2.16. The molecule has 0 spiro atoms. The predicted octanol–water partition coefficient (Wildman–Crippen LogP) is 3.75. The maximum atomic E-state index is 12.0. The molecule has 1 aliphatic carbocycles. The molecule has 0 heterocycles. The standard InChI is InChI=1S/C14H17BrN2O/c1-10-6-2-5-9-13(10)16-17-14(18)11-7-3-4-8-12(11)15/h3-4,7-8,10H,2,5-6,9H2,1H3,(H,17,18). The maximum Gasteiger partial charge on any atom is 0.272 e. The van der Waals surface area contributed by atoms with Gasteiger partial charge in [-0.1, -0.05) is 25.5 Å². The van der Waals surface area contributed by atoms with E-state index in [0.29, 0.717) is 11.5 Å². The van der Waals surface area contributed by atoms with Gasteiger partial charge in [-0.15, -0.1) is 0 Å². The number of hydrogen-bond acceptors (Lipinski definition) is 2. The Morgan fingerprint density at radius 2 is 2.17 bits per heavy atom. The fourth-order valence-corrected chi connectivity index (χ4v) is 2.63. The van der Waals surface area contributed by atoms with Gasteiger partial charge in [0.25, 0.3) is 5.91 Å². The second-order valence-electron chi connectivity index (χ2n) is 4.67. The molecule has 1 aliphatic rings. The van der Waals surface area contributed by atoms with Crippen LogP contribution in [-0.2, 0) is 0 Å². The first kappa shape index (κ1) is 13.3. The molecule has 0 bridgehead atoms. The van der Waals surface area contributed by atoms with Gasteiger partial charge in [-0.2, -0.15) is 5.10 Å². The van der Waals surface area contributed by atoms with Crippen LogP contribution < -0.4 is 5.43 Å². The van der Waals surface area contributed by atoms with Gasteiger partial charge in [-0.25, -0.2) is 5.43 Å². The normalized spacial score (nSPS) is 21.9. The Labute approximate surface area is 116 Å². The van der Waals surface area contributed by atoms with Crippen LogP contribution in [0.1, 0.15) is 43.0 Å². The lowest BCUT2D eigenvalue weighted by Gasteiger charge is -2.19. The summed E-state index contributed by atoms with van der Waals surface area (Å²) in [5.41, 5.74) is 4.39. The molecule has 1 fully saturated rings. The number of benzene rings is 1. The van der Waals surface area contributed by atoms with Gasteiger partial charge >= 0.3 is 0 Å². The van der Waals surface area contributed by atoms with Crippen LogP contribution in [-0.4, -0.2) is 11.6 Å². The summed E-state index contributed by atoms with van der Waals surface area (Å²) in [4.78, 5) is 12.0.